The molecule has 2 heterocycles. The second-order valence-electron chi connectivity index (χ2n) is 9.68. The number of hydrogen-bond donors (Lipinski definition) is 0. The summed E-state index contributed by atoms with van der Waals surface area (Å²) < 4.78 is 26.2. The van der Waals surface area contributed by atoms with E-state index in [9.17, 15) is 0 Å². The van der Waals surface area contributed by atoms with E-state index in [1.165, 1.54) is 0 Å². The molecule has 1 aromatic heterocycles. The molecule has 0 radical (unpaired) electrons. The second-order valence-corrected chi connectivity index (χ2v) is 9.68. The molecule has 1 aromatic carbocycles. The minimum Gasteiger partial charge on any atom is -0.464 e. The Labute approximate surface area is 199 Å². The highest BCUT2D eigenvalue weighted by Gasteiger charge is 2.52. The minimum atomic E-state index is -0.421. The van der Waals surface area contributed by atoms with E-state index in [-0.39, 0.29) is 11.2 Å². The van der Waals surface area contributed by atoms with Crippen molar-refractivity contribution in [1.82, 2.24) is 14.8 Å². The fourth-order valence-electron chi connectivity index (χ4n) is 3.68. The van der Waals surface area contributed by atoms with Gasteiger partial charge in [-0.05, 0) is 64.1 Å². The lowest BCUT2D eigenvalue weighted by Crippen LogP contribution is -2.41. The zero-order valence-electron chi connectivity index (χ0n) is 21.4. The average molecular weight is 457 g/mol. The van der Waals surface area contributed by atoms with E-state index < -0.39 is 7.12 Å². The maximum Gasteiger partial charge on any atom is 0.495 e. The summed E-state index contributed by atoms with van der Waals surface area (Å²) >= 11 is 0. The first-order chi connectivity index (χ1) is 15.7. The van der Waals surface area contributed by atoms with Crippen molar-refractivity contribution in [2.75, 3.05) is 13.2 Å². The smallest absolute Gasteiger partial charge is 0.464 e. The SMILES string of the molecule is CCCCc1nc(OCCC)n(Cc2ccc(B3OC(C)(C)C(C)(C)O3)c(COCC)c2)n1. The molecule has 0 N–H and O–H groups in total. The summed E-state index contributed by atoms with van der Waals surface area (Å²) in [5.41, 5.74) is 2.41. The van der Waals surface area contributed by atoms with Crippen molar-refractivity contribution in [3.63, 3.8) is 0 Å². The van der Waals surface area contributed by atoms with Gasteiger partial charge in [0.1, 0.15) is 0 Å². The van der Waals surface area contributed by atoms with Gasteiger partial charge in [-0.3, -0.25) is 0 Å². The summed E-state index contributed by atoms with van der Waals surface area (Å²) in [5, 5.41) is 4.73. The van der Waals surface area contributed by atoms with Gasteiger partial charge < -0.3 is 18.8 Å². The molecule has 2 aromatic rings. The molecule has 0 aliphatic carbocycles. The minimum absolute atomic E-state index is 0.389. The molecule has 1 saturated heterocycles. The lowest BCUT2D eigenvalue weighted by molar-refractivity contribution is 0.00578. The topological polar surface area (TPSA) is 67.6 Å². The van der Waals surface area contributed by atoms with E-state index in [0.717, 1.165) is 48.1 Å². The Balaban J connectivity index is 1.86. The number of unbranched alkanes of at least 4 members (excludes halogenated alkanes) is 1. The Morgan fingerprint density at radius 3 is 2.39 bits per heavy atom. The van der Waals surface area contributed by atoms with Crippen LogP contribution in [-0.4, -0.2) is 46.3 Å². The van der Waals surface area contributed by atoms with Crippen LogP contribution >= 0.6 is 0 Å². The van der Waals surface area contributed by atoms with Crippen molar-refractivity contribution in [2.45, 2.75) is 98.5 Å². The fraction of sp³-hybridized carbons (Fsp3) is 0.680. The van der Waals surface area contributed by atoms with Gasteiger partial charge >= 0.3 is 13.1 Å². The van der Waals surface area contributed by atoms with Crippen LogP contribution in [0.3, 0.4) is 0 Å². The Hall–Kier alpha value is -1.90. The molecule has 0 unspecified atom stereocenters. The summed E-state index contributed by atoms with van der Waals surface area (Å²) in [4.78, 5) is 4.63. The van der Waals surface area contributed by atoms with Gasteiger partial charge in [-0.15, -0.1) is 0 Å². The average Bonchev–Trinajstić information content (AvgIpc) is 3.24. The van der Waals surface area contributed by atoms with Gasteiger partial charge in [0, 0.05) is 13.0 Å². The molecule has 0 atom stereocenters. The van der Waals surface area contributed by atoms with E-state index in [2.05, 4.69) is 64.7 Å². The summed E-state index contributed by atoms with van der Waals surface area (Å²) in [6.07, 6.45) is 3.97. The monoisotopic (exact) mass is 457 g/mol. The molecule has 182 valence electrons. The predicted molar refractivity (Wildman–Crippen MR) is 131 cm³/mol. The van der Waals surface area contributed by atoms with Crippen molar-refractivity contribution in [1.29, 1.82) is 0 Å². The zero-order chi connectivity index (χ0) is 24.1. The number of ether oxygens (including phenoxy) is 2. The van der Waals surface area contributed by atoms with E-state index in [1.807, 2.05) is 11.6 Å². The number of aromatic nitrogens is 3. The molecule has 0 amide bonds. The summed E-state index contributed by atoms with van der Waals surface area (Å²) in [5.74, 6) is 0.839. The molecule has 1 fully saturated rings. The molecule has 7 nitrogen and oxygen atoms in total. The maximum atomic E-state index is 6.31. The van der Waals surface area contributed by atoms with Crippen molar-refractivity contribution in [3.05, 3.63) is 35.2 Å². The van der Waals surface area contributed by atoms with Crippen LogP contribution in [0, 0.1) is 0 Å². The van der Waals surface area contributed by atoms with Crippen LogP contribution in [0.5, 0.6) is 6.01 Å². The lowest BCUT2D eigenvalue weighted by atomic mass is 9.75. The second kappa shape index (κ2) is 11.0. The number of hydrogen-bond acceptors (Lipinski definition) is 6. The van der Waals surface area contributed by atoms with Gasteiger partial charge in [0.15, 0.2) is 5.82 Å². The predicted octanol–water partition coefficient (Wildman–Crippen LogP) is 4.29. The first-order valence-corrected chi connectivity index (χ1v) is 12.3. The van der Waals surface area contributed by atoms with Gasteiger partial charge in [-0.1, -0.05) is 38.5 Å². The molecule has 1 aliphatic heterocycles. The van der Waals surface area contributed by atoms with Crippen LogP contribution in [0.2, 0.25) is 0 Å². The molecular formula is C25H40BN3O4. The summed E-state index contributed by atoms with van der Waals surface area (Å²) in [7, 11) is -0.421. The van der Waals surface area contributed by atoms with Crippen molar-refractivity contribution in [3.8, 4) is 6.01 Å². The van der Waals surface area contributed by atoms with E-state index in [4.69, 9.17) is 23.9 Å². The van der Waals surface area contributed by atoms with Crippen LogP contribution < -0.4 is 10.2 Å². The van der Waals surface area contributed by atoms with Gasteiger partial charge in [-0.2, -0.15) is 10.1 Å². The number of benzene rings is 1. The Morgan fingerprint density at radius 1 is 1.03 bits per heavy atom. The highest BCUT2D eigenvalue weighted by atomic mass is 16.7. The van der Waals surface area contributed by atoms with E-state index >= 15 is 0 Å². The molecular weight excluding hydrogens is 417 g/mol. The van der Waals surface area contributed by atoms with Crippen LogP contribution in [0.4, 0.5) is 0 Å². The lowest BCUT2D eigenvalue weighted by Gasteiger charge is -2.32. The third kappa shape index (κ3) is 6.17. The highest BCUT2D eigenvalue weighted by Crippen LogP contribution is 2.36. The van der Waals surface area contributed by atoms with Crippen molar-refractivity contribution >= 4 is 12.6 Å². The van der Waals surface area contributed by atoms with Crippen LogP contribution in [0.25, 0.3) is 0 Å². The third-order valence-electron chi connectivity index (χ3n) is 6.38. The van der Waals surface area contributed by atoms with E-state index in [1.54, 1.807) is 0 Å². The molecule has 33 heavy (non-hydrogen) atoms. The van der Waals surface area contributed by atoms with Crippen LogP contribution in [0.1, 0.15) is 84.7 Å². The van der Waals surface area contributed by atoms with Gasteiger partial charge in [0.05, 0.1) is 31.0 Å². The van der Waals surface area contributed by atoms with Gasteiger partial charge in [0.25, 0.3) is 0 Å². The standard InChI is InChI=1S/C25H40BN3O4/c1-8-11-12-22-27-23(31-15-9-2)29(28-22)17-19-13-14-21(20(16-19)18-30-10-3)26-32-24(4,5)25(6,7)33-26/h13-14,16H,8-12,15,17-18H2,1-7H3. The number of nitrogens with zero attached hydrogens (tertiary/aromatic N) is 3. The molecule has 1 aliphatic rings. The van der Waals surface area contributed by atoms with Crippen LogP contribution in [-0.2, 0) is 33.6 Å². The first kappa shape index (κ1) is 25.7. The Morgan fingerprint density at radius 2 is 1.76 bits per heavy atom. The Bertz CT molecular complexity index is 897. The summed E-state index contributed by atoms with van der Waals surface area (Å²) in [6, 6.07) is 6.94. The van der Waals surface area contributed by atoms with Crippen LogP contribution in [0.15, 0.2) is 18.2 Å². The molecule has 0 spiro atoms. The van der Waals surface area contributed by atoms with E-state index in [0.29, 0.717) is 32.4 Å². The largest absolute Gasteiger partial charge is 0.495 e. The maximum absolute atomic E-state index is 6.31. The quantitative estimate of drug-likeness (QED) is 0.443. The zero-order valence-corrected chi connectivity index (χ0v) is 21.4. The highest BCUT2D eigenvalue weighted by molar-refractivity contribution is 6.62. The molecule has 0 saturated carbocycles. The normalized spacial score (nSPS) is 17.0. The third-order valence-corrected chi connectivity index (χ3v) is 6.38. The van der Waals surface area contributed by atoms with Gasteiger partial charge in [0.2, 0.25) is 0 Å². The number of rotatable bonds is 12. The Kier molecular flexibility index (Phi) is 8.59. The molecule has 3 rings (SSSR count). The number of aryl methyl sites for hydroxylation is 1. The van der Waals surface area contributed by atoms with Gasteiger partial charge in [-0.25, -0.2) is 4.68 Å². The van der Waals surface area contributed by atoms with Crippen molar-refractivity contribution in [2.24, 2.45) is 0 Å². The molecule has 8 heteroatoms. The molecule has 0 bridgehead atoms. The summed E-state index contributed by atoms with van der Waals surface area (Å²) in [6.45, 7) is 16.9. The first-order valence-electron chi connectivity index (χ1n) is 12.3. The fourth-order valence-corrected chi connectivity index (χ4v) is 3.68. The van der Waals surface area contributed by atoms with Crippen molar-refractivity contribution < 1.29 is 18.8 Å².